The number of carbonyl (C=O) groups is 1. The molecule has 1 heterocycles. The highest BCUT2D eigenvalue weighted by atomic mass is 16.2. The molecule has 1 saturated heterocycles. The smallest absolute Gasteiger partial charge is 0.241 e. The number of amides is 1. The predicted molar refractivity (Wildman–Crippen MR) is 65.0 cm³/mol. The summed E-state index contributed by atoms with van der Waals surface area (Å²) >= 11 is 0. The van der Waals surface area contributed by atoms with E-state index in [9.17, 15) is 4.79 Å². The summed E-state index contributed by atoms with van der Waals surface area (Å²) in [6.07, 6.45) is 7.33. The Kier molecular flexibility index (Phi) is 3.85. The van der Waals surface area contributed by atoms with Crippen LogP contribution in [0.15, 0.2) is 0 Å². The maximum Gasteiger partial charge on any atom is 0.241 e. The van der Waals surface area contributed by atoms with Gasteiger partial charge < -0.3 is 4.90 Å². The van der Waals surface area contributed by atoms with Crippen LogP contribution >= 0.6 is 0 Å². The lowest BCUT2D eigenvalue weighted by molar-refractivity contribution is -0.131. The third-order valence-electron chi connectivity index (χ3n) is 3.81. The number of carbonyl (C=O) groups excluding carboxylic acids is 1. The van der Waals surface area contributed by atoms with Crippen LogP contribution in [-0.2, 0) is 4.79 Å². The molecule has 92 valence electrons. The summed E-state index contributed by atoms with van der Waals surface area (Å²) in [5.41, 5.74) is 0. The van der Waals surface area contributed by atoms with Crippen LogP contribution in [0.4, 0.5) is 0 Å². The summed E-state index contributed by atoms with van der Waals surface area (Å²) in [5, 5.41) is 3.36. The second-order valence-electron chi connectivity index (χ2n) is 5.64. The van der Waals surface area contributed by atoms with Crippen molar-refractivity contribution in [1.29, 1.82) is 0 Å². The molecular formula is C13H24N2O. The Balaban J connectivity index is 1.90. The van der Waals surface area contributed by atoms with Gasteiger partial charge in [-0.15, -0.1) is 0 Å². The molecule has 3 heteroatoms. The molecule has 2 aliphatic rings. The molecule has 0 bridgehead atoms. The minimum absolute atomic E-state index is 0.0851. The summed E-state index contributed by atoms with van der Waals surface area (Å²) in [6.45, 7) is 5.14. The molecule has 2 fully saturated rings. The van der Waals surface area contributed by atoms with Crippen molar-refractivity contribution >= 4 is 5.91 Å². The maximum absolute atomic E-state index is 12.2. The number of nitrogens with zero attached hydrogens (tertiary/aromatic N) is 1. The van der Waals surface area contributed by atoms with Gasteiger partial charge in [0.1, 0.15) is 0 Å². The van der Waals surface area contributed by atoms with Crippen molar-refractivity contribution in [2.24, 2.45) is 5.92 Å². The molecule has 3 nitrogen and oxygen atoms in total. The van der Waals surface area contributed by atoms with Crippen LogP contribution in [0.3, 0.4) is 0 Å². The molecule has 1 aliphatic heterocycles. The van der Waals surface area contributed by atoms with Crippen LogP contribution in [0.25, 0.3) is 0 Å². The largest absolute Gasteiger partial charge is 0.326 e. The normalized spacial score (nSPS) is 28.1. The lowest BCUT2D eigenvalue weighted by Crippen LogP contribution is -2.40. The molecule has 1 saturated carbocycles. The van der Waals surface area contributed by atoms with E-state index in [4.69, 9.17) is 0 Å². The monoisotopic (exact) mass is 224 g/mol. The molecule has 0 spiro atoms. The fourth-order valence-electron chi connectivity index (χ4n) is 2.93. The van der Waals surface area contributed by atoms with E-state index >= 15 is 0 Å². The maximum atomic E-state index is 12.2. The fraction of sp³-hybridized carbons (Fsp3) is 0.923. The van der Waals surface area contributed by atoms with E-state index < -0.39 is 0 Å². The van der Waals surface area contributed by atoms with E-state index in [-0.39, 0.29) is 6.04 Å². The zero-order valence-corrected chi connectivity index (χ0v) is 10.5. The van der Waals surface area contributed by atoms with Gasteiger partial charge in [-0.3, -0.25) is 10.1 Å². The molecule has 1 N–H and O–H groups in total. The highest BCUT2D eigenvalue weighted by Gasteiger charge is 2.35. The number of rotatable bonds is 3. The molecule has 1 aliphatic carbocycles. The topological polar surface area (TPSA) is 32.3 Å². The second-order valence-corrected chi connectivity index (χ2v) is 5.64. The third kappa shape index (κ3) is 2.57. The first kappa shape index (κ1) is 11.9. The first-order chi connectivity index (χ1) is 7.68. The zero-order chi connectivity index (χ0) is 11.5. The number of hydrogen-bond acceptors (Lipinski definition) is 2. The first-order valence-corrected chi connectivity index (χ1v) is 6.72. The Labute approximate surface area is 98.6 Å². The minimum atomic E-state index is 0.0851. The van der Waals surface area contributed by atoms with Gasteiger partial charge in [0.05, 0.1) is 12.7 Å². The van der Waals surface area contributed by atoms with Crippen molar-refractivity contribution in [3.63, 3.8) is 0 Å². The average Bonchev–Trinajstić information content (AvgIpc) is 2.61. The molecular weight excluding hydrogens is 200 g/mol. The average molecular weight is 224 g/mol. The third-order valence-corrected chi connectivity index (χ3v) is 3.81. The van der Waals surface area contributed by atoms with Crippen molar-refractivity contribution in [2.75, 3.05) is 6.67 Å². The number of nitrogens with one attached hydrogen (secondary N) is 1. The molecule has 1 amide bonds. The molecule has 0 aromatic rings. The quantitative estimate of drug-likeness (QED) is 0.796. The van der Waals surface area contributed by atoms with E-state index in [1.165, 1.54) is 32.1 Å². The second kappa shape index (κ2) is 5.17. The summed E-state index contributed by atoms with van der Waals surface area (Å²) in [5.74, 6) is 0.938. The van der Waals surface area contributed by atoms with E-state index in [0.717, 1.165) is 13.1 Å². The van der Waals surface area contributed by atoms with Gasteiger partial charge in [0.15, 0.2) is 0 Å². The van der Waals surface area contributed by atoms with E-state index in [1.807, 2.05) is 0 Å². The molecule has 1 unspecified atom stereocenters. The Hall–Kier alpha value is -0.570. The molecule has 0 radical (unpaired) electrons. The summed E-state index contributed by atoms with van der Waals surface area (Å²) in [4.78, 5) is 14.3. The van der Waals surface area contributed by atoms with Crippen LogP contribution in [0.2, 0.25) is 0 Å². The van der Waals surface area contributed by atoms with Crippen LogP contribution < -0.4 is 5.32 Å². The van der Waals surface area contributed by atoms with Crippen molar-refractivity contribution in [1.82, 2.24) is 10.2 Å². The van der Waals surface area contributed by atoms with E-state index in [1.54, 1.807) is 0 Å². The van der Waals surface area contributed by atoms with Crippen molar-refractivity contribution in [3.8, 4) is 0 Å². The fourth-order valence-corrected chi connectivity index (χ4v) is 2.93. The Bertz CT molecular complexity index is 246. The van der Waals surface area contributed by atoms with Crippen molar-refractivity contribution in [3.05, 3.63) is 0 Å². The highest BCUT2D eigenvalue weighted by molar-refractivity contribution is 5.84. The molecule has 1 atom stereocenters. The van der Waals surface area contributed by atoms with Gasteiger partial charge >= 0.3 is 0 Å². The zero-order valence-electron chi connectivity index (χ0n) is 10.5. The standard InChI is InChI=1S/C13H24N2O/c1-10(2)8-12-13(16)15(9-14-12)11-6-4-3-5-7-11/h10-12,14H,3-9H2,1-2H3. The Morgan fingerprint density at radius 2 is 2.00 bits per heavy atom. The number of hydrogen-bond donors (Lipinski definition) is 1. The van der Waals surface area contributed by atoms with E-state index in [2.05, 4.69) is 24.1 Å². The van der Waals surface area contributed by atoms with Crippen LogP contribution in [0.5, 0.6) is 0 Å². The first-order valence-electron chi connectivity index (χ1n) is 6.72. The lowest BCUT2D eigenvalue weighted by Gasteiger charge is -2.30. The van der Waals surface area contributed by atoms with Gasteiger partial charge in [-0.25, -0.2) is 0 Å². The molecule has 2 rings (SSSR count). The van der Waals surface area contributed by atoms with Gasteiger partial charge in [-0.2, -0.15) is 0 Å². The van der Waals surface area contributed by atoms with Crippen LogP contribution in [-0.4, -0.2) is 29.6 Å². The SMILES string of the molecule is CC(C)CC1NCN(C2CCCCC2)C1=O. The van der Waals surface area contributed by atoms with Gasteiger partial charge in [0.25, 0.3) is 0 Å². The molecule has 16 heavy (non-hydrogen) atoms. The lowest BCUT2D eigenvalue weighted by atomic mass is 9.94. The van der Waals surface area contributed by atoms with Crippen molar-refractivity contribution in [2.45, 2.75) is 64.5 Å². The molecule has 0 aromatic heterocycles. The van der Waals surface area contributed by atoms with Gasteiger partial charge in [-0.05, 0) is 25.2 Å². The Morgan fingerprint density at radius 3 is 2.62 bits per heavy atom. The van der Waals surface area contributed by atoms with Gasteiger partial charge in [-0.1, -0.05) is 33.1 Å². The summed E-state index contributed by atoms with van der Waals surface area (Å²) in [7, 11) is 0. The van der Waals surface area contributed by atoms with Gasteiger partial charge in [0, 0.05) is 6.04 Å². The van der Waals surface area contributed by atoms with Crippen LogP contribution in [0.1, 0.15) is 52.4 Å². The molecule has 0 aromatic carbocycles. The minimum Gasteiger partial charge on any atom is -0.326 e. The highest BCUT2D eigenvalue weighted by Crippen LogP contribution is 2.25. The van der Waals surface area contributed by atoms with E-state index in [0.29, 0.717) is 17.9 Å². The van der Waals surface area contributed by atoms with Gasteiger partial charge in [0.2, 0.25) is 5.91 Å². The summed E-state index contributed by atoms with van der Waals surface area (Å²) < 4.78 is 0. The Morgan fingerprint density at radius 1 is 1.31 bits per heavy atom. The summed E-state index contributed by atoms with van der Waals surface area (Å²) in [6, 6.07) is 0.604. The van der Waals surface area contributed by atoms with Crippen LogP contribution in [0, 0.1) is 5.92 Å². The van der Waals surface area contributed by atoms with Crippen molar-refractivity contribution < 1.29 is 4.79 Å². The predicted octanol–water partition coefficient (Wildman–Crippen LogP) is 2.12.